The minimum Gasteiger partial charge on any atom is -1.00 e. The van der Waals surface area contributed by atoms with Crippen molar-refractivity contribution in [2.45, 2.75) is 69.7 Å². The molecule has 12 heteroatoms. The van der Waals surface area contributed by atoms with Crippen molar-refractivity contribution in [2.24, 2.45) is 0 Å². The van der Waals surface area contributed by atoms with Crippen LogP contribution in [0.4, 0.5) is 22.7 Å². The Morgan fingerprint density at radius 1 is 0.651 bits per heavy atom. The number of nitrogen functional groups attached to an aromatic ring is 2. The highest BCUT2D eigenvalue weighted by atomic mass is 35.5. The summed E-state index contributed by atoms with van der Waals surface area (Å²) in [6.45, 7) is 4.81. The maximum absolute atomic E-state index is 10.4. The number of aromatic nitrogens is 4. The average molecular weight is 630 g/mol. The van der Waals surface area contributed by atoms with Gasteiger partial charge in [-0.25, -0.2) is 18.3 Å². The van der Waals surface area contributed by atoms with E-state index in [1.807, 2.05) is 48.5 Å². The molecule has 232 valence electrons. The number of hydrogen-bond acceptors (Lipinski definition) is 6. The number of nitrogens with zero attached hydrogens (tertiary/aromatic N) is 6. The molecular formula is C31H42Cl2N8O2. The van der Waals surface area contributed by atoms with Gasteiger partial charge in [0.1, 0.15) is 37.9 Å². The minimum atomic E-state index is -0.316. The highest BCUT2D eigenvalue weighted by molar-refractivity contribution is 5.55. The molecular weight excluding hydrogens is 587 g/mol. The Morgan fingerprint density at radius 2 is 1.05 bits per heavy atom. The Hall–Kier alpha value is -3.44. The van der Waals surface area contributed by atoms with Crippen molar-refractivity contribution in [1.82, 2.24) is 9.13 Å². The van der Waals surface area contributed by atoms with Gasteiger partial charge in [0.2, 0.25) is 12.7 Å². The molecule has 0 spiro atoms. The molecule has 0 amide bonds. The SMILES string of the molecule is Nc1ccc(N2CC(O)CC2C[n+]2ccn(CCCn3cc[n+](CC4CC(O)CN4c4ccc(N)cc4)c3)c2)cc1.[Cl-].[Cl-]. The van der Waals surface area contributed by atoms with E-state index in [2.05, 4.69) is 65.5 Å². The van der Waals surface area contributed by atoms with Gasteiger partial charge in [0.05, 0.1) is 37.4 Å². The number of aliphatic hydroxyl groups is 2. The summed E-state index contributed by atoms with van der Waals surface area (Å²) in [6, 6.07) is 16.3. The van der Waals surface area contributed by atoms with E-state index in [0.717, 1.165) is 68.2 Å². The summed E-state index contributed by atoms with van der Waals surface area (Å²) in [7, 11) is 0. The van der Waals surface area contributed by atoms with Crippen LogP contribution in [0.3, 0.4) is 0 Å². The van der Waals surface area contributed by atoms with E-state index in [0.29, 0.717) is 13.1 Å². The van der Waals surface area contributed by atoms with E-state index < -0.39 is 0 Å². The van der Waals surface area contributed by atoms with Crippen LogP contribution in [-0.4, -0.2) is 56.7 Å². The molecule has 2 aliphatic rings. The Labute approximate surface area is 265 Å². The van der Waals surface area contributed by atoms with Gasteiger partial charge in [-0.3, -0.25) is 0 Å². The highest BCUT2D eigenvalue weighted by Gasteiger charge is 2.34. The van der Waals surface area contributed by atoms with Crippen LogP contribution in [-0.2, 0) is 26.2 Å². The molecule has 0 radical (unpaired) electrons. The Balaban J connectivity index is 0.00000212. The van der Waals surface area contributed by atoms with Gasteiger partial charge in [-0.2, -0.15) is 0 Å². The molecule has 4 heterocycles. The summed E-state index contributed by atoms with van der Waals surface area (Å²) in [5.74, 6) is 0. The van der Waals surface area contributed by atoms with Crippen molar-refractivity contribution in [3.05, 3.63) is 86.0 Å². The van der Waals surface area contributed by atoms with E-state index in [4.69, 9.17) is 11.5 Å². The molecule has 2 saturated heterocycles. The topological polar surface area (TPSA) is 117 Å². The first kappa shape index (κ1) is 32.5. The van der Waals surface area contributed by atoms with Crippen molar-refractivity contribution < 1.29 is 44.2 Å². The predicted molar refractivity (Wildman–Crippen MR) is 159 cm³/mol. The van der Waals surface area contributed by atoms with Gasteiger partial charge in [0.25, 0.3) is 0 Å². The van der Waals surface area contributed by atoms with Crippen LogP contribution in [0.5, 0.6) is 0 Å². The zero-order chi connectivity index (χ0) is 28.3. The van der Waals surface area contributed by atoms with Crippen molar-refractivity contribution in [2.75, 3.05) is 34.4 Å². The lowest BCUT2D eigenvalue weighted by atomic mass is 10.2. The second-order valence-corrected chi connectivity index (χ2v) is 11.6. The van der Waals surface area contributed by atoms with Gasteiger partial charge >= 0.3 is 0 Å². The number of hydrogen-bond donors (Lipinski definition) is 4. The Kier molecular flexibility index (Phi) is 10.8. The number of nitrogens with two attached hydrogens (primary N) is 2. The fraction of sp³-hybridized carbons (Fsp3) is 0.419. The minimum absolute atomic E-state index is 0. The summed E-state index contributed by atoms with van der Waals surface area (Å²) in [5, 5.41) is 20.7. The van der Waals surface area contributed by atoms with Crippen molar-refractivity contribution in [3.63, 3.8) is 0 Å². The third-order valence-corrected chi connectivity index (χ3v) is 8.40. The lowest BCUT2D eigenvalue weighted by molar-refractivity contribution is -0.698. The van der Waals surface area contributed by atoms with Crippen LogP contribution in [0.15, 0.2) is 86.0 Å². The van der Waals surface area contributed by atoms with Crippen LogP contribution in [0.1, 0.15) is 19.3 Å². The van der Waals surface area contributed by atoms with Gasteiger partial charge in [-0.1, -0.05) is 0 Å². The molecule has 4 unspecified atom stereocenters. The van der Waals surface area contributed by atoms with Crippen molar-refractivity contribution in [1.29, 1.82) is 0 Å². The predicted octanol–water partition coefficient (Wildman–Crippen LogP) is -4.59. The quantitative estimate of drug-likeness (QED) is 0.104. The molecule has 10 nitrogen and oxygen atoms in total. The van der Waals surface area contributed by atoms with Gasteiger partial charge < -0.3 is 56.3 Å². The van der Waals surface area contributed by atoms with Gasteiger partial charge in [0.15, 0.2) is 0 Å². The summed E-state index contributed by atoms with van der Waals surface area (Å²) >= 11 is 0. The van der Waals surface area contributed by atoms with E-state index in [9.17, 15) is 10.2 Å². The molecule has 4 atom stereocenters. The maximum atomic E-state index is 10.4. The van der Waals surface area contributed by atoms with E-state index in [-0.39, 0.29) is 49.1 Å². The molecule has 2 fully saturated rings. The van der Waals surface area contributed by atoms with Crippen LogP contribution in [0.25, 0.3) is 0 Å². The van der Waals surface area contributed by atoms with E-state index in [1.165, 1.54) is 0 Å². The van der Waals surface area contributed by atoms with E-state index in [1.54, 1.807) is 0 Å². The number of anilines is 4. The largest absolute Gasteiger partial charge is 1.00 e. The smallest absolute Gasteiger partial charge is 0.243 e. The highest BCUT2D eigenvalue weighted by Crippen LogP contribution is 2.28. The molecule has 2 aromatic heterocycles. The zero-order valence-electron chi connectivity index (χ0n) is 24.2. The standard InChI is InChI=1S/C31H42N8O2.2ClH/c32-24-2-6-26(7-3-24)38-20-30(40)16-28(38)18-36-14-12-34(22-36)10-1-11-35-13-15-37(23-35)19-29-17-31(41)21-39(29)27-8-4-25(33)5-9-27;;/h2-9,12-15,22-23,28-31,40-41H,1,10-11,16-21,32-33H2;2*1H/q+2;;/p-2. The van der Waals surface area contributed by atoms with Crippen LogP contribution in [0.2, 0.25) is 0 Å². The summed E-state index contributed by atoms with van der Waals surface area (Å²) < 4.78 is 8.92. The number of rotatable bonds is 10. The summed E-state index contributed by atoms with van der Waals surface area (Å²) in [4.78, 5) is 4.58. The third-order valence-electron chi connectivity index (χ3n) is 8.40. The molecule has 6 N–H and O–H groups in total. The van der Waals surface area contributed by atoms with Crippen molar-refractivity contribution >= 4 is 22.7 Å². The van der Waals surface area contributed by atoms with Crippen LogP contribution >= 0.6 is 0 Å². The molecule has 2 aliphatic heterocycles. The first-order valence-corrected chi connectivity index (χ1v) is 14.6. The fourth-order valence-corrected chi connectivity index (χ4v) is 6.37. The maximum Gasteiger partial charge on any atom is 0.243 e. The monoisotopic (exact) mass is 628 g/mol. The summed E-state index contributed by atoms with van der Waals surface area (Å²) in [5.41, 5.74) is 15.4. The van der Waals surface area contributed by atoms with Gasteiger partial charge in [0, 0.05) is 42.3 Å². The number of halogens is 2. The van der Waals surface area contributed by atoms with Crippen molar-refractivity contribution in [3.8, 4) is 0 Å². The molecule has 0 saturated carbocycles. The van der Waals surface area contributed by atoms with E-state index >= 15 is 0 Å². The second-order valence-electron chi connectivity index (χ2n) is 11.6. The summed E-state index contributed by atoms with van der Waals surface area (Å²) in [6.07, 6.45) is 14.7. The number of aryl methyl sites for hydroxylation is 2. The normalized spacial score (nSPS) is 21.5. The second kappa shape index (κ2) is 14.4. The number of imidazole rings is 2. The number of benzene rings is 2. The molecule has 0 aliphatic carbocycles. The third kappa shape index (κ3) is 7.94. The average Bonchev–Trinajstić information content (AvgIpc) is 3.74. The molecule has 0 bridgehead atoms. The van der Waals surface area contributed by atoms with Crippen LogP contribution < -0.4 is 55.2 Å². The Bertz CT molecular complexity index is 1320. The Morgan fingerprint density at radius 3 is 1.44 bits per heavy atom. The lowest BCUT2D eigenvalue weighted by Crippen LogP contribution is -3.00. The molecule has 2 aromatic carbocycles. The molecule has 4 aromatic rings. The van der Waals surface area contributed by atoms with Crippen LogP contribution in [0, 0.1) is 0 Å². The number of aliphatic hydroxyl groups excluding tert-OH is 2. The first-order valence-electron chi connectivity index (χ1n) is 14.6. The van der Waals surface area contributed by atoms with Gasteiger partial charge in [-0.15, -0.1) is 0 Å². The molecule has 6 rings (SSSR count). The lowest BCUT2D eigenvalue weighted by Gasteiger charge is -2.25. The first-order chi connectivity index (χ1) is 19.9. The fourth-order valence-electron chi connectivity index (χ4n) is 6.37. The number of β-amino-alcohol motifs (C(OH)–C–C–N with tert-alkyl or cyclic N) is 2. The zero-order valence-corrected chi connectivity index (χ0v) is 25.8. The van der Waals surface area contributed by atoms with Gasteiger partial charge in [-0.05, 0) is 61.4 Å². The molecule has 43 heavy (non-hydrogen) atoms.